The lowest BCUT2D eigenvalue weighted by atomic mass is 9.92. The van der Waals surface area contributed by atoms with Crippen LogP contribution in [-0.4, -0.2) is 94.9 Å². The molecule has 3 amide bonds. The highest BCUT2D eigenvalue weighted by Crippen LogP contribution is 2.28. The highest BCUT2D eigenvalue weighted by molar-refractivity contribution is 6.31. The molecule has 13 heteroatoms. The molecular formula is C33H42ClN7O5. The Morgan fingerprint density at radius 2 is 1.59 bits per heavy atom. The molecule has 0 radical (unpaired) electrons. The molecule has 0 bridgehead atoms. The molecule has 2 aromatic rings. The Labute approximate surface area is 275 Å². The van der Waals surface area contributed by atoms with Crippen LogP contribution in [0.3, 0.4) is 0 Å². The minimum Gasteiger partial charge on any atom is -0.490 e. The van der Waals surface area contributed by atoms with Crippen molar-refractivity contribution in [2.75, 3.05) is 44.2 Å². The zero-order chi connectivity index (χ0) is 32.8. The summed E-state index contributed by atoms with van der Waals surface area (Å²) in [5.74, 6) is 1.15. The first-order valence-electron chi connectivity index (χ1n) is 16.0. The van der Waals surface area contributed by atoms with Crippen molar-refractivity contribution in [3.63, 3.8) is 0 Å². The molecule has 1 saturated carbocycles. The largest absolute Gasteiger partial charge is 0.490 e. The SMILES string of the molecule is CC(C)(C)OC(=O)N1CCN(C(=O)C2CCN(c3ccc(C(=O)N[C@H]4CC[C@H](Oc5ccc(C#N)c(Cl)c5)CC4)nn3)CC2)CC1. The Bertz CT molecular complexity index is 1430. The Hall–Kier alpha value is -4.11. The van der Waals surface area contributed by atoms with Gasteiger partial charge < -0.3 is 29.5 Å². The van der Waals surface area contributed by atoms with Crippen molar-refractivity contribution in [1.82, 2.24) is 25.3 Å². The fourth-order valence-corrected chi connectivity index (χ4v) is 6.31. The minimum atomic E-state index is -0.544. The number of amides is 3. The van der Waals surface area contributed by atoms with E-state index in [1.54, 1.807) is 29.2 Å². The van der Waals surface area contributed by atoms with Crippen LogP contribution in [0, 0.1) is 17.2 Å². The number of ether oxygens (including phenoxy) is 2. The third-order valence-corrected chi connectivity index (χ3v) is 8.98. The van der Waals surface area contributed by atoms with E-state index >= 15 is 0 Å². The Balaban J connectivity index is 1.02. The number of carbonyl (C=O) groups is 3. The number of nitriles is 1. The summed E-state index contributed by atoms with van der Waals surface area (Å²) in [6, 6.07) is 10.6. The molecule has 1 aromatic carbocycles. The molecule has 1 aromatic heterocycles. The minimum absolute atomic E-state index is 0.0186. The summed E-state index contributed by atoms with van der Waals surface area (Å²) in [6.45, 7) is 8.85. The van der Waals surface area contributed by atoms with Crippen molar-refractivity contribution in [2.45, 2.75) is 77.0 Å². The van der Waals surface area contributed by atoms with Crippen LogP contribution in [0.2, 0.25) is 5.02 Å². The van der Waals surface area contributed by atoms with Gasteiger partial charge in [-0.15, -0.1) is 10.2 Å². The number of nitrogens with one attached hydrogen (secondary N) is 1. The lowest BCUT2D eigenvalue weighted by Gasteiger charge is -2.39. The molecule has 5 rings (SSSR count). The third kappa shape index (κ3) is 8.57. The summed E-state index contributed by atoms with van der Waals surface area (Å²) >= 11 is 6.12. The second-order valence-corrected chi connectivity index (χ2v) is 13.6. The molecule has 46 heavy (non-hydrogen) atoms. The number of piperidine rings is 1. The second-order valence-electron chi connectivity index (χ2n) is 13.1. The normalized spacial score (nSPS) is 20.9. The van der Waals surface area contributed by atoms with Gasteiger partial charge in [-0.2, -0.15) is 5.26 Å². The predicted molar refractivity (Wildman–Crippen MR) is 172 cm³/mol. The van der Waals surface area contributed by atoms with Gasteiger partial charge in [0.15, 0.2) is 11.5 Å². The van der Waals surface area contributed by atoms with Gasteiger partial charge in [0.25, 0.3) is 5.91 Å². The van der Waals surface area contributed by atoms with Crippen molar-refractivity contribution in [2.24, 2.45) is 5.92 Å². The van der Waals surface area contributed by atoms with Gasteiger partial charge in [-0.25, -0.2) is 4.79 Å². The molecule has 3 heterocycles. The van der Waals surface area contributed by atoms with Gasteiger partial charge in [-0.1, -0.05) is 11.6 Å². The molecule has 1 aliphatic carbocycles. The van der Waals surface area contributed by atoms with Gasteiger partial charge >= 0.3 is 6.09 Å². The standard InChI is InChI=1S/C33H42ClN7O5/c1-33(2,3)46-32(44)41-18-16-40(17-19-41)31(43)22-12-14-39(15-13-22)29-11-10-28(37-38-29)30(42)36-24-5-8-25(9-6-24)45-26-7-4-23(21-35)27(34)20-26/h4,7,10-11,20,22,24-25H,5-6,8-9,12-19H2,1-3H3,(H,36,42)/t24-,25-. The van der Waals surface area contributed by atoms with E-state index in [0.29, 0.717) is 74.3 Å². The fraction of sp³-hybridized carbons (Fsp3) is 0.576. The highest BCUT2D eigenvalue weighted by atomic mass is 35.5. The summed E-state index contributed by atoms with van der Waals surface area (Å²) in [5.41, 5.74) is 0.139. The average molecular weight is 652 g/mol. The first-order chi connectivity index (χ1) is 22.0. The Kier molecular flexibility index (Phi) is 10.5. The van der Waals surface area contributed by atoms with E-state index in [9.17, 15) is 14.4 Å². The highest BCUT2D eigenvalue weighted by Gasteiger charge is 2.33. The monoisotopic (exact) mass is 651 g/mol. The van der Waals surface area contributed by atoms with Gasteiger partial charge in [0.05, 0.1) is 16.7 Å². The number of anilines is 1. The summed E-state index contributed by atoms with van der Waals surface area (Å²) in [6.07, 6.45) is 4.22. The van der Waals surface area contributed by atoms with E-state index < -0.39 is 5.60 Å². The molecule has 0 atom stereocenters. The van der Waals surface area contributed by atoms with Crippen molar-refractivity contribution in [3.05, 3.63) is 46.6 Å². The van der Waals surface area contributed by atoms with E-state index in [1.165, 1.54) is 0 Å². The lowest BCUT2D eigenvalue weighted by molar-refractivity contribution is -0.138. The zero-order valence-corrected chi connectivity index (χ0v) is 27.5. The maximum atomic E-state index is 13.2. The second kappa shape index (κ2) is 14.5. The number of hydrogen-bond donors (Lipinski definition) is 1. The van der Waals surface area contributed by atoms with Gasteiger partial charge in [0.2, 0.25) is 5.91 Å². The molecule has 2 saturated heterocycles. The maximum absolute atomic E-state index is 13.2. The van der Waals surface area contributed by atoms with Crippen LogP contribution in [0.4, 0.5) is 10.6 Å². The molecule has 246 valence electrons. The summed E-state index contributed by atoms with van der Waals surface area (Å²) in [5, 5.41) is 21.0. The van der Waals surface area contributed by atoms with E-state index in [0.717, 1.165) is 25.7 Å². The maximum Gasteiger partial charge on any atom is 0.410 e. The number of hydrogen-bond acceptors (Lipinski definition) is 9. The number of nitrogens with zero attached hydrogens (tertiary/aromatic N) is 6. The quantitative estimate of drug-likeness (QED) is 0.481. The van der Waals surface area contributed by atoms with Crippen LogP contribution in [-0.2, 0) is 9.53 Å². The van der Waals surface area contributed by atoms with Crippen molar-refractivity contribution in [3.8, 4) is 11.8 Å². The Morgan fingerprint density at radius 3 is 2.17 bits per heavy atom. The number of halogens is 1. The van der Waals surface area contributed by atoms with E-state index in [-0.39, 0.29) is 41.7 Å². The van der Waals surface area contributed by atoms with E-state index in [1.807, 2.05) is 37.8 Å². The van der Waals surface area contributed by atoms with E-state index in [4.69, 9.17) is 26.3 Å². The first kappa shape index (κ1) is 33.3. The number of aromatic nitrogens is 2. The predicted octanol–water partition coefficient (Wildman–Crippen LogP) is 4.42. The van der Waals surface area contributed by atoms with Crippen LogP contribution in [0.25, 0.3) is 0 Å². The van der Waals surface area contributed by atoms with Crippen LogP contribution in [0.15, 0.2) is 30.3 Å². The number of piperazine rings is 1. The van der Waals surface area contributed by atoms with Gasteiger partial charge in [-0.05, 0) is 83.6 Å². The van der Waals surface area contributed by atoms with E-state index in [2.05, 4.69) is 20.4 Å². The molecule has 3 fully saturated rings. The summed E-state index contributed by atoms with van der Waals surface area (Å²) in [7, 11) is 0. The van der Waals surface area contributed by atoms with Crippen molar-refractivity contribution < 1.29 is 23.9 Å². The molecular weight excluding hydrogens is 610 g/mol. The molecule has 0 spiro atoms. The molecule has 12 nitrogen and oxygen atoms in total. The first-order valence-corrected chi connectivity index (χ1v) is 16.4. The molecule has 1 N–H and O–H groups in total. The van der Waals surface area contributed by atoms with Gasteiger partial charge in [-0.3, -0.25) is 9.59 Å². The van der Waals surface area contributed by atoms with Crippen LogP contribution in [0.1, 0.15) is 75.3 Å². The van der Waals surface area contributed by atoms with Crippen LogP contribution < -0.4 is 15.0 Å². The number of benzene rings is 1. The summed E-state index contributed by atoms with van der Waals surface area (Å²) < 4.78 is 11.5. The van der Waals surface area contributed by atoms with Crippen molar-refractivity contribution >= 4 is 35.3 Å². The lowest BCUT2D eigenvalue weighted by Crippen LogP contribution is -2.53. The average Bonchev–Trinajstić information content (AvgIpc) is 3.05. The van der Waals surface area contributed by atoms with Gasteiger partial charge in [0, 0.05) is 57.3 Å². The molecule has 3 aliphatic rings. The van der Waals surface area contributed by atoms with Crippen molar-refractivity contribution in [1.29, 1.82) is 5.26 Å². The topological polar surface area (TPSA) is 141 Å². The van der Waals surface area contributed by atoms with Gasteiger partial charge in [0.1, 0.15) is 17.4 Å². The third-order valence-electron chi connectivity index (χ3n) is 8.67. The van der Waals surface area contributed by atoms with Crippen LogP contribution >= 0.6 is 11.6 Å². The number of rotatable bonds is 6. The summed E-state index contributed by atoms with van der Waals surface area (Å²) in [4.78, 5) is 44.1. The smallest absolute Gasteiger partial charge is 0.410 e. The van der Waals surface area contributed by atoms with Crippen LogP contribution in [0.5, 0.6) is 5.75 Å². The Morgan fingerprint density at radius 1 is 0.913 bits per heavy atom. The zero-order valence-electron chi connectivity index (χ0n) is 26.7. The molecule has 0 unspecified atom stereocenters. The number of carbonyl (C=O) groups excluding carboxylic acids is 3. The molecule has 2 aliphatic heterocycles. The fourth-order valence-electron chi connectivity index (χ4n) is 6.10.